The van der Waals surface area contributed by atoms with E-state index in [9.17, 15) is 9.59 Å². The van der Waals surface area contributed by atoms with E-state index in [-0.39, 0.29) is 11.9 Å². The Morgan fingerprint density at radius 1 is 1.32 bits per heavy atom. The van der Waals surface area contributed by atoms with Crippen molar-refractivity contribution in [2.75, 3.05) is 14.1 Å². The molecular formula is C14H16N2O3. The minimum absolute atomic E-state index is 0.0267. The Balaban J connectivity index is 2.34. The quantitative estimate of drug-likeness (QED) is 0.675. The van der Waals surface area contributed by atoms with E-state index in [0.29, 0.717) is 12.2 Å². The predicted octanol–water partition coefficient (Wildman–Crippen LogP) is 1.72. The van der Waals surface area contributed by atoms with Gasteiger partial charge in [0.05, 0.1) is 6.42 Å². The normalized spacial score (nSPS) is 10.5. The minimum atomic E-state index is -0.360. The van der Waals surface area contributed by atoms with E-state index in [1.54, 1.807) is 31.1 Å². The Morgan fingerprint density at radius 3 is 2.68 bits per heavy atom. The molecule has 0 atom stereocenters. The molecule has 2 rings (SSSR count). The summed E-state index contributed by atoms with van der Waals surface area (Å²) in [5.74, 6) is 0.151. The number of aromatic amines is 1. The van der Waals surface area contributed by atoms with Crippen LogP contribution in [0.1, 0.15) is 12.5 Å². The van der Waals surface area contributed by atoms with Crippen LogP contribution in [0.3, 0.4) is 0 Å². The van der Waals surface area contributed by atoms with Crippen molar-refractivity contribution in [3.8, 4) is 5.75 Å². The SMILES string of the molecule is CC(=O)Oc1ccc2[nH]cc(CC(=O)N(C)C)c2c1. The first-order valence-electron chi connectivity index (χ1n) is 5.96. The highest BCUT2D eigenvalue weighted by Gasteiger charge is 2.11. The maximum absolute atomic E-state index is 11.7. The van der Waals surface area contributed by atoms with Gasteiger partial charge in [-0.1, -0.05) is 0 Å². The Bertz CT molecular complexity index is 629. The molecule has 5 heteroatoms. The van der Waals surface area contributed by atoms with Crippen molar-refractivity contribution in [3.63, 3.8) is 0 Å². The third-order valence-electron chi connectivity index (χ3n) is 2.84. The average molecular weight is 260 g/mol. The van der Waals surface area contributed by atoms with Gasteiger partial charge in [0.1, 0.15) is 5.75 Å². The van der Waals surface area contributed by atoms with Crippen LogP contribution in [-0.4, -0.2) is 35.9 Å². The van der Waals surface area contributed by atoms with Gasteiger partial charge in [-0.15, -0.1) is 0 Å². The van der Waals surface area contributed by atoms with Gasteiger partial charge in [0.2, 0.25) is 5.91 Å². The zero-order chi connectivity index (χ0) is 14.0. The molecule has 0 aliphatic heterocycles. The van der Waals surface area contributed by atoms with E-state index >= 15 is 0 Å². The number of esters is 1. The third-order valence-corrected chi connectivity index (χ3v) is 2.84. The summed E-state index contributed by atoms with van der Waals surface area (Å²) in [4.78, 5) is 27.3. The molecule has 1 aromatic carbocycles. The zero-order valence-electron chi connectivity index (χ0n) is 11.2. The van der Waals surface area contributed by atoms with Gasteiger partial charge in [0.25, 0.3) is 0 Å². The van der Waals surface area contributed by atoms with Gasteiger partial charge in [-0.2, -0.15) is 0 Å². The zero-order valence-corrected chi connectivity index (χ0v) is 11.2. The van der Waals surface area contributed by atoms with Crippen LogP contribution in [0.25, 0.3) is 10.9 Å². The number of ether oxygens (including phenoxy) is 1. The Morgan fingerprint density at radius 2 is 2.05 bits per heavy atom. The first kappa shape index (κ1) is 13.1. The molecule has 0 aliphatic carbocycles. The summed E-state index contributed by atoms with van der Waals surface area (Å²) in [6.07, 6.45) is 2.13. The number of hydrogen-bond acceptors (Lipinski definition) is 3. The fraction of sp³-hybridized carbons (Fsp3) is 0.286. The summed E-state index contributed by atoms with van der Waals surface area (Å²) in [6.45, 7) is 1.36. The van der Waals surface area contributed by atoms with Gasteiger partial charge in [0.15, 0.2) is 0 Å². The molecule has 0 spiro atoms. The minimum Gasteiger partial charge on any atom is -0.427 e. The smallest absolute Gasteiger partial charge is 0.308 e. The molecule has 1 N–H and O–H groups in total. The van der Waals surface area contributed by atoms with Gasteiger partial charge < -0.3 is 14.6 Å². The number of rotatable bonds is 3. The molecule has 0 radical (unpaired) electrons. The van der Waals surface area contributed by atoms with Gasteiger partial charge in [-0.05, 0) is 23.8 Å². The van der Waals surface area contributed by atoms with E-state index in [4.69, 9.17) is 4.74 Å². The van der Waals surface area contributed by atoms with E-state index in [1.807, 2.05) is 12.3 Å². The molecule has 0 unspecified atom stereocenters. The van der Waals surface area contributed by atoms with Crippen LogP contribution in [0.5, 0.6) is 5.75 Å². The molecule has 1 aromatic heterocycles. The van der Waals surface area contributed by atoms with Gasteiger partial charge in [0, 0.05) is 38.1 Å². The number of benzene rings is 1. The molecular weight excluding hydrogens is 244 g/mol. The molecule has 0 saturated heterocycles. The fourth-order valence-corrected chi connectivity index (χ4v) is 1.85. The maximum Gasteiger partial charge on any atom is 0.308 e. The molecule has 1 heterocycles. The maximum atomic E-state index is 11.7. The van der Waals surface area contributed by atoms with Gasteiger partial charge in [-0.25, -0.2) is 0 Å². The van der Waals surface area contributed by atoms with Crippen LogP contribution in [0.4, 0.5) is 0 Å². The summed E-state index contributed by atoms with van der Waals surface area (Å²) < 4.78 is 5.05. The lowest BCUT2D eigenvalue weighted by atomic mass is 10.1. The second-order valence-electron chi connectivity index (χ2n) is 4.58. The first-order valence-corrected chi connectivity index (χ1v) is 5.96. The summed E-state index contributed by atoms with van der Waals surface area (Å²) in [5.41, 5.74) is 1.81. The lowest BCUT2D eigenvalue weighted by molar-refractivity contribution is -0.132. The molecule has 2 aromatic rings. The number of likely N-dealkylation sites (N-methyl/N-ethyl adjacent to an activating group) is 1. The van der Waals surface area contributed by atoms with E-state index < -0.39 is 0 Å². The molecule has 19 heavy (non-hydrogen) atoms. The number of amides is 1. The van der Waals surface area contributed by atoms with Crippen LogP contribution < -0.4 is 4.74 Å². The van der Waals surface area contributed by atoms with Crippen molar-refractivity contribution in [1.82, 2.24) is 9.88 Å². The average Bonchev–Trinajstić information content (AvgIpc) is 2.71. The van der Waals surface area contributed by atoms with Crippen molar-refractivity contribution >= 4 is 22.8 Å². The Hall–Kier alpha value is -2.30. The summed E-state index contributed by atoms with van der Waals surface area (Å²) in [5, 5.41) is 0.897. The van der Waals surface area contributed by atoms with Crippen molar-refractivity contribution in [2.45, 2.75) is 13.3 Å². The largest absolute Gasteiger partial charge is 0.427 e. The topological polar surface area (TPSA) is 62.4 Å². The van der Waals surface area contributed by atoms with Crippen molar-refractivity contribution in [3.05, 3.63) is 30.0 Å². The summed E-state index contributed by atoms with van der Waals surface area (Å²) >= 11 is 0. The lowest BCUT2D eigenvalue weighted by Crippen LogP contribution is -2.23. The number of aromatic nitrogens is 1. The highest BCUT2D eigenvalue weighted by Crippen LogP contribution is 2.24. The van der Waals surface area contributed by atoms with Crippen LogP contribution >= 0.6 is 0 Å². The Kier molecular flexibility index (Phi) is 3.55. The monoisotopic (exact) mass is 260 g/mol. The fourth-order valence-electron chi connectivity index (χ4n) is 1.85. The Labute approximate surface area is 111 Å². The highest BCUT2D eigenvalue weighted by molar-refractivity contribution is 5.90. The number of H-pyrrole nitrogens is 1. The number of hydrogen-bond donors (Lipinski definition) is 1. The number of nitrogens with zero attached hydrogens (tertiary/aromatic N) is 1. The second-order valence-corrected chi connectivity index (χ2v) is 4.58. The third kappa shape index (κ3) is 2.93. The molecule has 5 nitrogen and oxygen atoms in total. The van der Waals surface area contributed by atoms with E-state index in [0.717, 1.165) is 16.5 Å². The first-order chi connectivity index (χ1) is 8.97. The molecule has 0 saturated carbocycles. The van der Waals surface area contributed by atoms with E-state index in [1.165, 1.54) is 6.92 Å². The van der Waals surface area contributed by atoms with Crippen LogP contribution in [0, 0.1) is 0 Å². The second kappa shape index (κ2) is 5.14. The summed E-state index contributed by atoms with van der Waals surface area (Å²) in [6, 6.07) is 5.32. The van der Waals surface area contributed by atoms with Crippen molar-refractivity contribution in [1.29, 1.82) is 0 Å². The van der Waals surface area contributed by atoms with Crippen molar-refractivity contribution in [2.24, 2.45) is 0 Å². The van der Waals surface area contributed by atoms with Gasteiger partial charge in [-0.3, -0.25) is 9.59 Å². The van der Waals surface area contributed by atoms with Crippen LogP contribution in [0.2, 0.25) is 0 Å². The van der Waals surface area contributed by atoms with Gasteiger partial charge >= 0.3 is 5.97 Å². The summed E-state index contributed by atoms with van der Waals surface area (Å²) in [7, 11) is 3.45. The predicted molar refractivity (Wildman–Crippen MR) is 72.0 cm³/mol. The number of carbonyl (C=O) groups excluding carboxylic acids is 2. The number of fused-ring (bicyclic) bond motifs is 1. The lowest BCUT2D eigenvalue weighted by Gasteiger charge is -2.09. The molecule has 0 bridgehead atoms. The highest BCUT2D eigenvalue weighted by atomic mass is 16.5. The van der Waals surface area contributed by atoms with Crippen molar-refractivity contribution < 1.29 is 14.3 Å². The molecule has 1 amide bonds. The molecule has 0 aliphatic rings. The molecule has 100 valence electrons. The van der Waals surface area contributed by atoms with E-state index in [2.05, 4.69) is 4.98 Å². The number of carbonyl (C=O) groups is 2. The standard InChI is InChI=1S/C14H16N2O3/c1-9(17)19-11-4-5-13-12(7-11)10(8-15-13)6-14(18)16(2)3/h4-5,7-8,15H,6H2,1-3H3. The van der Waals surface area contributed by atoms with Crippen LogP contribution in [0.15, 0.2) is 24.4 Å². The van der Waals surface area contributed by atoms with Crippen LogP contribution in [-0.2, 0) is 16.0 Å². The number of nitrogens with one attached hydrogen (secondary N) is 1. The molecule has 0 fully saturated rings.